The Morgan fingerprint density at radius 2 is 1.77 bits per heavy atom. The van der Waals surface area contributed by atoms with E-state index in [-0.39, 0.29) is 0 Å². The Morgan fingerprint density at radius 3 is 2.31 bits per heavy atom. The molecule has 0 saturated heterocycles. The molecule has 1 rings (SSSR count). The molecule has 0 saturated carbocycles. The van der Waals surface area contributed by atoms with Crippen molar-refractivity contribution in [3.63, 3.8) is 0 Å². The first kappa shape index (κ1) is 10.3. The lowest BCUT2D eigenvalue weighted by atomic mass is 10.3. The summed E-state index contributed by atoms with van der Waals surface area (Å²) in [5.74, 6) is 2.78. The van der Waals surface area contributed by atoms with E-state index >= 15 is 0 Å². The summed E-state index contributed by atoms with van der Waals surface area (Å²) in [6.07, 6.45) is 2.07. The van der Waals surface area contributed by atoms with Gasteiger partial charge in [0.2, 0.25) is 0 Å². The number of thioether (sulfide) groups is 1. The molecular weight excluding hydrogens is 184 g/mol. The van der Waals surface area contributed by atoms with Crippen LogP contribution in [0.5, 0.6) is 11.5 Å². The minimum atomic E-state index is 0.757. The van der Waals surface area contributed by atoms with Gasteiger partial charge in [0.25, 0.3) is 0 Å². The lowest BCUT2D eigenvalue weighted by molar-refractivity contribution is 0.342. The first-order valence-corrected chi connectivity index (χ1v) is 5.52. The van der Waals surface area contributed by atoms with Crippen molar-refractivity contribution in [3.05, 3.63) is 24.3 Å². The van der Waals surface area contributed by atoms with Crippen LogP contribution in [0.25, 0.3) is 0 Å². The molecule has 0 amide bonds. The van der Waals surface area contributed by atoms with Crippen LogP contribution in [0.3, 0.4) is 0 Å². The van der Waals surface area contributed by atoms with E-state index in [1.165, 1.54) is 0 Å². The maximum atomic E-state index is 5.47. The molecule has 13 heavy (non-hydrogen) atoms. The number of hydrogen-bond donors (Lipinski definition) is 0. The zero-order valence-electron chi connectivity index (χ0n) is 7.95. The Hall–Kier alpha value is -0.830. The van der Waals surface area contributed by atoms with Crippen molar-refractivity contribution in [2.75, 3.05) is 25.7 Å². The van der Waals surface area contributed by atoms with E-state index in [4.69, 9.17) is 9.47 Å². The molecule has 0 fully saturated rings. The fourth-order valence-corrected chi connectivity index (χ4v) is 1.16. The monoisotopic (exact) mass is 198 g/mol. The third-order valence-electron chi connectivity index (χ3n) is 1.62. The molecule has 0 aromatic heterocycles. The summed E-state index contributed by atoms with van der Waals surface area (Å²) in [5, 5.41) is 0. The summed E-state index contributed by atoms with van der Waals surface area (Å²) in [7, 11) is 1.66. The highest BCUT2D eigenvalue weighted by molar-refractivity contribution is 7.98. The van der Waals surface area contributed by atoms with E-state index in [0.29, 0.717) is 0 Å². The highest BCUT2D eigenvalue weighted by Gasteiger charge is 1.93. The molecule has 0 aliphatic rings. The number of methoxy groups -OCH3 is 1. The zero-order valence-corrected chi connectivity index (χ0v) is 8.76. The van der Waals surface area contributed by atoms with Gasteiger partial charge in [0.15, 0.2) is 0 Å². The average Bonchev–Trinajstić information content (AvgIpc) is 2.19. The van der Waals surface area contributed by atoms with Crippen LogP contribution in [0, 0.1) is 0 Å². The van der Waals surface area contributed by atoms with Gasteiger partial charge >= 0.3 is 0 Å². The molecular formula is C10H14O2S. The van der Waals surface area contributed by atoms with E-state index in [1.54, 1.807) is 18.9 Å². The third-order valence-corrected chi connectivity index (χ3v) is 2.19. The molecule has 0 aliphatic heterocycles. The minimum Gasteiger partial charge on any atom is -0.497 e. The summed E-state index contributed by atoms with van der Waals surface area (Å²) < 4.78 is 10.5. The normalized spacial score (nSPS) is 9.69. The molecule has 1 aromatic rings. The van der Waals surface area contributed by atoms with Gasteiger partial charge in [-0.1, -0.05) is 0 Å². The molecule has 2 nitrogen and oxygen atoms in total. The summed E-state index contributed by atoms with van der Waals surface area (Å²) in [6.45, 7) is 0.757. The topological polar surface area (TPSA) is 18.5 Å². The van der Waals surface area contributed by atoms with Crippen LogP contribution in [0.15, 0.2) is 24.3 Å². The smallest absolute Gasteiger partial charge is 0.119 e. The largest absolute Gasteiger partial charge is 0.497 e. The summed E-state index contributed by atoms with van der Waals surface area (Å²) in [4.78, 5) is 0. The van der Waals surface area contributed by atoms with Crippen molar-refractivity contribution in [3.8, 4) is 11.5 Å². The predicted molar refractivity (Wildman–Crippen MR) is 56.9 cm³/mol. The molecule has 0 unspecified atom stereocenters. The Bertz CT molecular complexity index is 233. The Balaban J connectivity index is 2.40. The van der Waals surface area contributed by atoms with Gasteiger partial charge in [-0.3, -0.25) is 0 Å². The third kappa shape index (κ3) is 3.59. The van der Waals surface area contributed by atoms with Gasteiger partial charge in [0.1, 0.15) is 11.5 Å². The van der Waals surface area contributed by atoms with E-state index in [9.17, 15) is 0 Å². The Kier molecular flexibility index (Phi) is 4.54. The fourth-order valence-electron chi connectivity index (χ4n) is 0.915. The number of benzene rings is 1. The maximum absolute atomic E-state index is 5.47. The van der Waals surface area contributed by atoms with Crippen molar-refractivity contribution < 1.29 is 9.47 Å². The van der Waals surface area contributed by atoms with E-state index in [2.05, 4.69) is 6.26 Å². The number of ether oxygens (including phenoxy) is 2. The van der Waals surface area contributed by atoms with Gasteiger partial charge in [-0.2, -0.15) is 11.8 Å². The molecule has 0 N–H and O–H groups in total. The van der Waals surface area contributed by atoms with Crippen molar-refractivity contribution in [2.45, 2.75) is 0 Å². The van der Waals surface area contributed by atoms with Crippen LogP contribution in [-0.4, -0.2) is 25.7 Å². The highest BCUT2D eigenvalue weighted by atomic mass is 32.2. The van der Waals surface area contributed by atoms with Gasteiger partial charge in [0.05, 0.1) is 13.7 Å². The van der Waals surface area contributed by atoms with Crippen LogP contribution >= 0.6 is 11.8 Å². The quantitative estimate of drug-likeness (QED) is 0.677. The van der Waals surface area contributed by atoms with Crippen LogP contribution < -0.4 is 9.47 Å². The Morgan fingerprint density at radius 1 is 1.15 bits per heavy atom. The van der Waals surface area contributed by atoms with Gasteiger partial charge in [-0.15, -0.1) is 0 Å². The van der Waals surface area contributed by atoms with E-state index in [0.717, 1.165) is 23.9 Å². The van der Waals surface area contributed by atoms with E-state index < -0.39 is 0 Å². The SMILES string of the molecule is COc1ccc(OCCSC)cc1. The summed E-state index contributed by atoms with van der Waals surface area (Å²) in [5.41, 5.74) is 0. The van der Waals surface area contributed by atoms with Crippen LogP contribution in [-0.2, 0) is 0 Å². The van der Waals surface area contributed by atoms with Crippen molar-refractivity contribution in [2.24, 2.45) is 0 Å². The Labute approximate surface area is 83.2 Å². The average molecular weight is 198 g/mol. The minimum absolute atomic E-state index is 0.757. The molecule has 0 atom stereocenters. The molecule has 0 radical (unpaired) electrons. The number of rotatable bonds is 5. The van der Waals surface area contributed by atoms with Crippen molar-refractivity contribution in [1.29, 1.82) is 0 Å². The molecule has 0 spiro atoms. The standard InChI is InChI=1S/C10H14O2S/c1-11-9-3-5-10(6-4-9)12-7-8-13-2/h3-6H,7-8H2,1-2H3. The molecule has 3 heteroatoms. The molecule has 1 aromatic carbocycles. The van der Waals surface area contributed by atoms with Crippen LogP contribution in [0.1, 0.15) is 0 Å². The van der Waals surface area contributed by atoms with Crippen LogP contribution in [0.2, 0.25) is 0 Å². The second-order valence-corrected chi connectivity index (χ2v) is 3.50. The first-order valence-electron chi connectivity index (χ1n) is 4.12. The summed E-state index contributed by atoms with van der Waals surface area (Å²) in [6, 6.07) is 7.63. The lowest BCUT2D eigenvalue weighted by Gasteiger charge is -2.05. The molecule has 72 valence electrons. The van der Waals surface area contributed by atoms with Gasteiger partial charge in [-0.25, -0.2) is 0 Å². The fraction of sp³-hybridized carbons (Fsp3) is 0.400. The second kappa shape index (κ2) is 5.75. The van der Waals surface area contributed by atoms with Crippen LogP contribution in [0.4, 0.5) is 0 Å². The number of hydrogen-bond acceptors (Lipinski definition) is 3. The predicted octanol–water partition coefficient (Wildman–Crippen LogP) is 2.44. The van der Waals surface area contributed by atoms with Crippen molar-refractivity contribution in [1.82, 2.24) is 0 Å². The zero-order chi connectivity index (χ0) is 9.52. The van der Waals surface area contributed by atoms with Gasteiger partial charge in [0, 0.05) is 5.75 Å². The lowest BCUT2D eigenvalue weighted by Crippen LogP contribution is -1.99. The van der Waals surface area contributed by atoms with Crippen molar-refractivity contribution >= 4 is 11.8 Å². The highest BCUT2D eigenvalue weighted by Crippen LogP contribution is 2.16. The van der Waals surface area contributed by atoms with E-state index in [1.807, 2.05) is 24.3 Å². The molecule has 0 aliphatic carbocycles. The molecule has 0 heterocycles. The van der Waals surface area contributed by atoms with Gasteiger partial charge in [-0.05, 0) is 30.5 Å². The maximum Gasteiger partial charge on any atom is 0.119 e. The summed E-state index contributed by atoms with van der Waals surface area (Å²) >= 11 is 1.78. The molecule has 0 bridgehead atoms. The first-order chi connectivity index (χ1) is 6.36. The second-order valence-electron chi connectivity index (χ2n) is 2.52. The van der Waals surface area contributed by atoms with Gasteiger partial charge < -0.3 is 9.47 Å².